The van der Waals surface area contributed by atoms with Crippen molar-refractivity contribution in [3.05, 3.63) is 40.6 Å². The summed E-state index contributed by atoms with van der Waals surface area (Å²) in [6.07, 6.45) is 0. The lowest BCUT2D eigenvalue weighted by Crippen LogP contribution is -1.89. The van der Waals surface area contributed by atoms with Crippen LogP contribution in [0.5, 0.6) is 0 Å². The minimum atomic E-state index is -0.253. The molecule has 0 unspecified atom stereocenters. The van der Waals surface area contributed by atoms with Gasteiger partial charge in [0, 0.05) is 20.9 Å². The molecule has 2 rings (SSSR count). The zero-order chi connectivity index (χ0) is 9.42. The lowest BCUT2D eigenvalue weighted by Gasteiger charge is -2.04. The molecular weight excluding hydrogens is 233 g/mol. The van der Waals surface area contributed by atoms with Gasteiger partial charge in [-0.2, -0.15) is 0 Å². The van der Waals surface area contributed by atoms with E-state index in [-0.39, 0.29) is 5.82 Å². The zero-order valence-electron chi connectivity index (χ0n) is 6.72. The van der Waals surface area contributed by atoms with Gasteiger partial charge in [-0.3, -0.25) is 0 Å². The van der Waals surface area contributed by atoms with Crippen molar-refractivity contribution in [2.24, 2.45) is 0 Å². The Morgan fingerprint density at radius 3 is 2.62 bits per heavy atom. The molecule has 0 aliphatic carbocycles. The molecule has 66 valence electrons. The summed E-state index contributed by atoms with van der Waals surface area (Å²) in [5.41, 5.74) is 6.30. The molecule has 0 heterocycles. The van der Waals surface area contributed by atoms with Crippen LogP contribution in [-0.2, 0) is 0 Å². The molecule has 0 spiro atoms. The highest BCUT2D eigenvalue weighted by atomic mass is 79.9. The first kappa shape index (κ1) is 8.51. The SMILES string of the molecule is Nc1ccc(Br)c2c(F)cccc12. The Morgan fingerprint density at radius 1 is 1.15 bits per heavy atom. The maximum Gasteiger partial charge on any atom is 0.132 e. The van der Waals surface area contributed by atoms with Gasteiger partial charge in [-0.15, -0.1) is 0 Å². The van der Waals surface area contributed by atoms with Gasteiger partial charge in [-0.1, -0.05) is 28.1 Å². The molecule has 13 heavy (non-hydrogen) atoms. The Bertz CT molecular complexity index is 459. The molecule has 2 aromatic carbocycles. The Balaban J connectivity index is 3.00. The van der Waals surface area contributed by atoms with Crippen molar-refractivity contribution in [1.82, 2.24) is 0 Å². The second-order valence-corrected chi connectivity index (χ2v) is 3.65. The third-order valence-corrected chi connectivity index (χ3v) is 2.63. The largest absolute Gasteiger partial charge is 0.398 e. The molecular formula is C10H7BrFN. The summed E-state index contributed by atoms with van der Waals surface area (Å²) in [6, 6.07) is 8.39. The van der Waals surface area contributed by atoms with Crippen LogP contribution in [0.4, 0.5) is 10.1 Å². The highest BCUT2D eigenvalue weighted by molar-refractivity contribution is 9.10. The number of anilines is 1. The summed E-state index contributed by atoms with van der Waals surface area (Å²) in [6.45, 7) is 0. The van der Waals surface area contributed by atoms with Crippen LogP contribution in [0, 0.1) is 5.82 Å². The van der Waals surface area contributed by atoms with E-state index in [2.05, 4.69) is 15.9 Å². The van der Waals surface area contributed by atoms with E-state index >= 15 is 0 Å². The first-order valence-electron chi connectivity index (χ1n) is 3.82. The highest BCUT2D eigenvalue weighted by Gasteiger charge is 2.05. The van der Waals surface area contributed by atoms with Gasteiger partial charge in [-0.05, 0) is 18.2 Å². The summed E-state index contributed by atoms with van der Waals surface area (Å²) < 4.78 is 14.1. The first-order valence-corrected chi connectivity index (χ1v) is 4.61. The normalized spacial score (nSPS) is 10.6. The van der Waals surface area contributed by atoms with Gasteiger partial charge in [0.15, 0.2) is 0 Å². The summed E-state index contributed by atoms with van der Waals surface area (Å²) >= 11 is 3.29. The van der Waals surface area contributed by atoms with Crippen LogP contribution in [-0.4, -0.2) is 0 Å². The summed E-state index contributed by atoms with van der Waals surface area (Å²) in [7, 11) is 0. The molecule has 0 aliphatic rings. The number of benzene rings is 2. The van der Waals surface area contributed by atoms with Crippen molar-refractivity contribution in [3.8, 4) is 0 Å². The van der Waals surface area contributed by atoms with Crippen LogP contribution in [0.1, 0.15) is 0 Å². The van der Waals surface area contributed by atoms with Crippen molar-refractivity contribution in [2.75, 3.05) is 5.73 Å². The predicted octanol–water partition coefficient (Wildman–Crippen LogP) is 3.32. The highest BCUT2D eigenvalue weighted by Crippen LogP contribution is 2.30. The van der Waals surface area contributed by atoms with E-state index in [1.54, 1.807) is 24.3 Å². The number of hydrogen-bond donors (Lipinski definition) is 1. The standard InChI is InChI=1S/C10H7BrFN/c11-7-4-5-9(13)6-2-1-3-8(12)10(6)7/h1-5H,13H2. The zero-order valence-corrected chi connectivity index (χ0v) is 8.31. The molecule has 2 aromatic rings. The van der Waals surface area contributed by atoms with Crippen LogP contribution in [0.15, 0.2) is 34.8 Å². The molecule has 0 saturated heterocycles. The van der Waals surface area contributed by atoms with Crippen molar-refractivity contribution in [1.29, 1.82) is 0 Å². The number of rotatable bonds is 0. The second kappa shape index (κ2) is 3.00. The Labute approximate surface area is 83.5 Å². The summed E-state index contributed by atoms with van der Waals surface area (Å²) in [5.74, 6) is -0.253. The van der Waals surface area contributed by atoms with Crippen LogP contribution in [0.3, 0.4) is 0 Å². The van der Waals surface area contributed by atoms with Gasteiger partial charge < -0.3 is 5.73 Å². The van der Waals surface area contributed by atoms with E-state index in [0.717, 1.165) is 9.86 Å². The van der Waals surface area contributed by atoms with E-state index in [1.807, 2.05) is 0 Å². The molecule has 0 saturated carbocycles. The molecule has 0 atom stereocenters. The molecule has 3 heteroatoms. The quantitative estimate of drug-likeness (QED) is 0.702. The van der Waals surface area contributed by atoms with Crippen LogP contribution >= 0.6 is 15.9 Å². The Hall–Kier alpha value is -1.09. The van der Waals surface area contributed by atoms with Crippen molar-refractivity contribution in [2.45, 2.75) is 0 Å². The average Bonchev–Trinajstić information content (AvgIpc) is 2.12. The lowest BCUT2D eigenvalue weighted by atomic mass is 10.1. The third-order valence-electron chi connectivity index (χ3n) is 1.97. The molecule has 0 fully saturated rings. The van der Waals surface area contributed by atoms with E-state index in [1.165, 1.54) is 6.07 Å². The Kier molecular flexibility index (Phi) is 1.96. The molecule has 0 aliphatic heterocycles. The maximum absolute atomic E-state index is 13.3. The number of halogens is 2. The van der Waals surface area contributed by atoms with Gasteiger partial charge in [-0.25, -0.2) is 4.39 Å². The van der Waals surface area contributed by atoms with Gasteiger partial charge in [0.25, 0.3) is 0 Å². The van der Waals surface area contributed by atoms with Gasteiger partial charge >= 0.3 is 0 Å². The fraction of sp³-hybridized carbons (Fsp3) is 0. The maximum atomic E-state index is 13.3. The monoisotopic (exact) mass is 239 g/mol. The molecule has 1 nitrogen and oxygen atoms in total. The molecule has 0 bridgehead atoms. The van der Waals surface area contributed by atoms with Crippen molar-refractivity contribution < 1.29 is 4.39 Å². The first-order chi connectivity index (χ1) is 6.20. The molecule has 0 aromatic heterocycles. The van der Waals surface area contributed by atoms with Crippen LogP contribution in [0.25, 0.3) is 10.8 Å². The van der Waals surface area contributed by atoms with Gasteiger partial charge in [0.2, 0.25) is 0 Å². The Morgan fingerprint density at radius 2 is 1.92 bits per heavy atom. The van der Waals surface area contributed by atoms with E-state index in [4.69, 9.17) is 5.73 Å². The van der Waals surface area contributed by atoms with Crippen LogP contribution in [0.2, 0.25) is 0 Å². The van der Waals surface area contributed by atoms with Crippen LogP contribution < -0.4 is 5.73 Å². The summed E-state index contributed by atoms with van der Waals surface area (Å²) in [4.78, 5) is 0. The van der Waals surface area contributed by atoms with Gasteiger partial charge in [0.1, 0.15) is 5.82 Å². The molecule has 2 N–H and O–H groups in total. The number of fused-ring (bicyclic) bond motifs is 1. The average molecular weight is 240 g/mol. The second-order valence-electron chi connectivity index (χ2n) is 2.80. The smallest absolute Gasteiger partial charge is 0.132 e. The number of hydrogen-bond acceptors (Lipinski definition) is 1. The molecule has 0 amide bonds. The predicted molar refractivity (Wildman–Crippen MR) is 56.0 cm³/mol. The van der Waals surface area contributed by atoms with Crippen molar-refractivity contribution in [3.63, 3.8) is 0 Å². The minimum Gasteiger partial charge on any atom is -0.398 e. The van der Waals surface area contributed by atoms with Crippen molar-refractivity contribution >= 4 is 32.4 Å². The topological polar surface area (TPSA) is 26.0 Å². The fourth-order valence-electron chi connectivity index (χ4n) is 1.34. The third kappa shape index (κ3) is 1.29. The number of nitrogens with two attached hydrogens (primary N) is 1. The van der Waals surface area contributed by atoms with Gasteiger partial charge in [0.05, 0.1) is 0 Å². The molecule has 0 radical (unpaired) electrons. The minimum absolute atomic E-state index is 0.253. The van der Waals surface area contributed by atoms with E-state index in [0.29, 0.717) is 11.1 Å². The van der Waals surface area contributed by atoms with E-state index < -0.39 is 0 Å². The summed E-state index contributed by atoms with van der Waals surface area (Å²) in [5, 5.41) is 1.29. The number of nitrogen functional groups attached to an aromatic ring is 1. The van der Waals surface area contributed by atoms with E-state index in [9.17, 15) is 4.39 Å². The fourth-order valence-corrected chi connectivity index (χ4v) is 1.88. The lowest BCUT2D eigenvalue weighted by molar-refractivity contribution is 0.639.